The van der Waals surface area contributed by atoms with Gasteiger partial charge in [-0.3, -0.25) is 9.59 Å². The molecule has 5 heteroatoms. The molecular formula is C18H22N2O3. The van der Waals surface area contributed by atoms with Crippen molar-refractivity contribution < 1.29 is 9.53 Å². The molecule has 0 saturated carbocycles. The van der Waals surface area contributed by atoms with Gasteiger partial charge in [-0.05, 0) is 32.8 Å². The third-order valence-electron chi connectivity index (χ3n) is 4.37. The lowest BCUT2D eigenvalue weighted by Crippen LogP contribution is -2.46. The molecule has 23 heavy (non-hydrogen) atoms. The van der Waals surface area contributed by atoms with Gasteiger partial charge in [0.15, 0.2) is 0 Å². The van der Waals surface area contributed by atoms with Crippen molar-refractivity contribution in [3.8, 4) is 0 Å². The van der Waals surface area contributed by atoms with Gasteiger partial charge in [0.2, 0.25) is 0 Å². The van der Waals surface area contributed by atoms with Crippen molar-refractivity contribution in [1.82, 2.24) is 9.88 Å². The molecular weight excluding hydrogens is 292 g/mol. The minimum Gasteiger partial charge on any atom is -0.375 e. The van der Waals surface area contributed by atoms with Crippen LogP contribution in [0.3, 0.4) is 0 Å². The van der Waals surface area contributed by atoms with Crippen LogP contribution in [0.2, 0.25) is 0 Å². The van der Waals surface area contributed by atoms with Crippen LogP contribution in [0.1, 0.15) is 37.0 Å². The van der Waals surface area contributed by atoms with Gasteiger partial charge in [0, 0.05) is 36.7 Å². The number of hydrogen-bond acceptors (Lipinski definition) is 3. The summed E-state index contributed by atoms with van der Waals surface area (Å²) in [5, 5.41) is 4.35. The normalized spacial score (nSPS) is 20.4. The molecule has 5 nitrogen and oxygen atoms in total. The number of fused-ring (bicyclic) bond motifs is 1. The minimum absolute atomic E-state index is 0.0854. The van der Waals surface area contributed by atoms with Gasteiger partial charge in [-0.15, -0.1) is 0 Å². The number of rotatable bonds is 2. The fourth-order valence-corrected chi connectivity index (χ4v) is 3.22. The fraction of sp³-hybridized carbons (Fsp3) is 0.444. The molecule has 0 spiro atoms. The van der Waals surface area contributed by atoms with Crippen molar-refractivity contribution in [2.45, 2.75) is 38.3 Å². The molecule has 122 valence electrons. The molecule has 1 aromatic carbocycles. The van der Waals surface area contributed by atoms with Crippen molar-refractivity contribution in [1.29, 1.82) is 0 Å². The number of nitrogens with zero attached hydrogens (tertiary/aromatic N) is 1. The number of aromatic nitrogens is 1. The molecule has 1 aromatic heterocycles. The SMILES string of the molecule is Cn1cc(C(=O)NC2CCOC(C)(C)C2)c2ccccc2c1=O. The lowest BCUT2D eigenvalue weighted by molar-refractivity contribution is -0.0615. The molecule has 1 amide bonds. The zero-order chi connectivity index (χ0) is 16.6. The smallest absolute Gasteiger partial charge is 0.258 e. The molecule has 0 radical (unpaired) electrons. The molecule has 2 aromatic rings. The Bertz CT molecular complexity index is 808. The van der Waals surface area contributed by atoms with E-state index in [1.54, 1.807) is 19.3 Å². The summed E-state index contributed by atoms with van der Waals surface area (Å²) in [4.78, 5) is 24.9. The maximum atomic E-state index is 12.7. The molecule has 1 saturated heterocycles. The van der Waals surface area contributed by atoms with Gasteiger partial charge < -0.3 is 14.6 Å². The van der Waals surface area contributed by atoms with E-state index in [-0.39, 0.29) is 23.1 Å². The van der Waals surface area contributed by atoms with Gasteiger partial charge in [0.1, 0.15) is 0 Å². The van der Waals surface area contributed by atoms with Crippen LogP contribution in [-0.2, 0) is 11.8 Å². The molecule has 0 aliphatic carbocycles. The van der Waals surface area contributed by atoms with Gasteiger partial charge in [-0.2, -0.15) is 0 Å². The number of aryl methyl sites for hydroxylation is 1. The first-order valence-electron chi connectivity index (χ1n) is 7.90. The van der Waals surface area contributed by atoms with Crippen molar-refractivity contribution in [2.24, 2.45) is 7.05 Å². The van der Waals surface area contributed by atoms with E-state index in [0.717, 1.165) is 12.8 Å². The van der Waals surface area contributed by atoms with Gasteiger partial charge in [-0.1, -0.05) is 18.2 Å². The zero-order valence-electron chi connectivity index (χ0n) is 13.8. The Morgan fingerprint density at radius 2 is 2.00 bits per heavy atom. The van der Waals surface area contributed by atoms with Crippen LogP contribution in [-0.4, -0.2) is 28.7 Å². The second-order valence-corrected chi connectivity index (χ2v) is 6.78. The number of pyridine rings is 1. The predicted molar refractivity (Wildman–Crippen MR) is 89.7 cm³/mol. The Kier molecular flexibility index (Phi) is 3.98. The number of ether oxygens (including phenoxy) is 1. The summed E-state index contributed by atoms with van der Waals surface area (Å²) < 4.78 is 7.15. The number of carbonyl (C=O) groups excluding carboxylic acids is 1. The van der Waals surface area contributed by atoms with Crippen LogP contribution in [0.25, 0.3) is 10.8 Å². The minimum atomic E-state index is -0.220. The molecule has 1 fully saturated rings. The summed E-state index contributed by atoms with van der Waals surface area (Å²) in [5.74, 6) is -0.139. The first kappa shape index (κ1) is 15.7. The lowest BCUT2D eigenvalue weighted by atomic mass is 9.93. The van der Waals surface area contributed by atoms with Crippen LogP contribution < -0.4 is 10.9 Å². The number of benzene rings is 1. The Hall–Kier alpha value is -2.14. The standard InChI is InChI=1S/C18H22N2O3/c1-18(2)10-12(8-9-23-18)19-16(21)15-11-20(3)17(22)14-7-5-4-6-13(14)15/h4-7,11-12H,8-10H2,1-3H3,(H,19,21). The average Bonchev–Trinajstić information content (AvgIpc) is 2.50. The van der Waals surface area contributed by atoms with E-state index >= 15 is 0 Å². The first-order valence-corrected chi connectivity index (χ1v) is 7.90. The third kappa shape index (κ3) is 3.15. The average molecular weight is 314 g/mol. The van der Waals surface area contributed by atoms with Crippen molar-refractivity contribution in [3.63, 3.8) is 0 Å². The molecule has 0 bridgehead atoms. The molecule has 1 unspecified atom stereocenters. The van der Waals surface area contributed by atoms with Crippen LogP contribution in [0.4, 0.5) is 0 Å². The molecule has 1 N–H and O–H groups in total. The Morgan fingerprint density at radius 1 is 1.30 bits per heavy atom. The molecule has 3 rings (SSSR count). The quantitative estimate of drug-likeness (QED) is 0.924. The Balaban J connectivity index is 1.93. The Morgan fingerprint density at radius 3 is 2.70 bits per heavy atom. The summed E-state index contributed by atoms with van der Waals surface area (Å²) in [6.45, 7) is 4.71. The van der Waals surface area contributed by atoms with Crippen LogP contribution >= 0.6 is 0 Å². The molecule has 1 aliphatic heterocycles. The number of carbonyl (C=O) groups is 1. The lowest BCUT2D eigenvalue weighted by Gasteiger charge is -2.35. The maximum Gasteiger partial charge on any atom is 0.258 e. The van der Waals surface area contributed by atoms with E-state index in [2.05, 4.69) is 5.32 Å². The van der Waals surface area contributed by atoms with Crippen molar-refractivity contribution in [2.75, 3.05) is 6.61 Å². The van der Waals surface area contributed by atoms with Gasteiger partial charge >= 0.3 is 0 Å². The largest absolute Gasteiger partial charge is 0.375 e. The molecule has 2 heterocycles. The van der Waals surface area contributed by atoms with Crippen molar-refractivity contribution in [3.05, 3.63) is 46.4 Å². The van der Waals surface area contributed by atoms with Gasteiger partial charge in [0.05, 0.1) is 11.2 Å². The monoisotopic (exact) mass is 314 g/mol. The number of hydrogen-bond donors (Lipinski definition) is 1. The highest BCUT2D eigenvalue weighted by molar-refractivity contribution is 6.06. The highest BCUT2D eigenvalue weighted by Crippen LogP contribution is 2.24. The second-order valence-electron chi connectivity index (χ2n) is 6.78. The summed E-state index contributed by atoms with van der Waals surface area (Å²) in [6.07, 6.45) is 3.20. The second kappa shape index (κ2) is 5.81. The van der Waals surface area contributed by atoms with Gasteiger partial charge in [-0.25, -0.2) is 0 Å². The van der Waals surface area contributed by atoms with Crippen LogP contribution in [0.5, 0.6) is 0 Å². The third-order valence-corrected chi connectivity index (χ3v) is 4.37. The fourth-order valence-electron chi connectivity index (χ4n) is 3.22. The van der Waals surface area contributed by atoms with E-state index in [9.17, 15) is 9.59 Å². The Labute approximate surface area is 135 Å². The van der Waals surface area contributed by atoms with Crippen LogP contribution in [0, 0.1) is 0 Å². The maximum absolute atomic E-state index is 12.7. The van der Waals surface area contributed by atoms with E-state index in [4.69, 9.17) is 4.74 Å². The van der Waals surface area contributed by atoms with Gasteiger partial charge in [0.25, 0.3) is 11.5 Å². The summed E-state index contributed by atoms with van der Waals surface area (Å²) >= 11 is 0. The number of amides is 1. The highest BCUT2D eigenvalue weighted by Gasteiger charge is 2.30. The van der Waals surface area contributed by atoms with E-state index in [1.807, 2.05) is 32.0 Å². The molecule has 1 atom stereocenters. The zero-order valence-corrected chi connectivity index (χ0v) is 13.8. The van der Waals surface area contributed by atoms with Crippen LogP contribution in [0.15, 0.2) is 35.3 Å². The summed E-state index contributed by atoms with van der Waals surface area (Å²) in [7, 11) is 1.67. The predicted octanol–water partition coefficient (Wildman–Crippen LogP) is 2.23. The highest BCUT2D eigenvalue weighted by atomic mass is 16.5. The first-order chi connectivity index (χ1) is 10.9. The summed E-state index contributed by atoms with van der Waals surface area (Å²) in [6, 6.07) is 7.32. The van der Waals surface area contributed by atoms with E-state index in [0.29, 0.717) is 22.9 Å². The topological polar surface area (TPSA) is 60.3 Å². The summed E-state index contributed by atoms with van der Waals surface area (Å²) in [5.41, 5.74) is 0.221. The van der Waals surface area contributed by atoms with Crippen molar-refractivity contribution >= 4 is 16.7 Å². The van der Waals surface area contributed by atoms with E-state index < -0.39 is 0 Å². The number of nitrogens with one attached hydrogen (secondary N) is 1. The van der Waals surface area contributed by atoms with E-state index in [1.165, 1.54) is 4.57 Å². The molecule has 1 aliphatic rings.